The molecule has 0 radical (unpaired) electrons. The molecular weight excluding hydrogens is 356 g/mol. The van der Waals surface area contributed by atoms with E-state index >= 15 is 0 Å². The molecule has 0 saturated carbocycles. The highest BCUT2D eigenvalue weighted by molar-refractivity contribution is 5.99. The molecule has 0 bridgehead atoms. The lowest BCUT2D eigenvalue weighted by molar-refractivity contribution is -0.121. The Labute approximate surface area is 165 Å². The fraction of sp³-hybridized carbons (Fsp3) is 0.364. The van der Waals surface area contributed by atoms with Crippen molar-refractivity contribution in [3.63, 3.8) is 0 Å². The Morgan fingerprint density at radius 3 is 2.75 bits per heavy atom. The van der Waals surface area contributed by atoms with Crippen molar-refractivity contribution in [3.05, 3.63) is 47.5 Å². The van der Waals surface area contributed by atoms with Crippen molar-refractivity contribution >= 4 is 23.2 Å². The van der Waals surface area contributed by atoms with Gasteiger partial charge in [-0.3, -0.25) is 9.59 Å². The van der Waals surface area contributed by atoms with Crippen LogP contribution < -0.4 is 19.7 Å². The number of carbonyl (C=O) groups is 2. The van der Waals surface area contributed by atoms with Gasteiger partial charge in [0.2, 0.25) is 0 Å². The number of nitrogens with one attached hydrogen (secondary N) is 1. The molecule has 2 amide bonds. The van der Waals surface area contributed by atoms with E-state index in [-0.39, 0.29) is 25.0 Å². The largest absolute Gasteiger partial charge is 0.483 e. The molecule has 3 rings (SSSR count). The molecule has 0 aliphatic carbocycles. The quantitative estimate of drug-likeness (QED) is 0.827. The summed E-state index contributed by atoms with van der Waals surface area (Å²) in [6.45, 7) is 8.57. The van der Waals surface area contributed by atoms with E-state index in [2.05, 4.69) is 19.2 Å². The zero-order valence-corrected chi connectivity index (χ0v) is 16.7. The number of hydrogen-bond donors (Lipinski definition) is 1. The van der Waals surface area contributed by atoms with E-state index in [1.54, 1.807) is 23.1 Å². The van der Waals surface area contributed by atoms with Gasteiger partial charge >= 0.3 is 0 Å². The third kappa shape index (κ3) is 4.63. The number of anilines is 2. The van der Waals surface area contributed by atoms with E-state index < -0.39 is 0 Å². The molecule has 1 heterocycles. The van der Waals surface area contributed by atoms with Gasteiger partial charge in [0, 0.05) is 12.2 Å². The number of hydrogen-bond acceptors (Lipinski definition) is 4. The molecule has 6 heteroatoms. The van der Waals surface area contributed by atoms with Gasteiger partial charge in [-0.2, -0.15) is 0 Å². The third-order valence-corrected chi connectivity index (χ3v) is 4.44. The molecule has 2 aromatic rings. The van der Waals surface area contributed by atoms with Gasteiger partial charge in [-0.15, -0.1) is 0 Å². The van der Waals surface area contributed by atoms with E-state index in [9.17, 15) is 9.59 Å². The Kier molecular flexibility index (Phi) is 5.87. The van der Waals surface area contributed by atoms with Gasteiger partial charge < -0.3 is 19.7 Å². The van der Waals surface area contributed by atoms with Crippen LogP contribution in [-0.2, 0) is 9.59 Å². The van der Waals surface area contributed by atoms with Crippen LogP contribution in [-0.4, -0.2) is 31.6 Å². The van der Waals surface area contributed by atoms with E-state index in [0.29, 0.717) is 35.3 Å². The topological polar surface area (TPSA) is 67.9 Å². The summed E-state index contributed by atoms with van der Waals surface area (Å²) in [4.78, 5) is 26.3. The van der Waals surface area contributed by atoms with Crippen LogP contribution in [0.3, 0.4) is 0 Å². The summed E-state index contributed by atoms with van der Waals surface area (Å²) < 4.78 is 11.2. The van der Waals surface area contributed by atoms with Crippen molar-refractivity contribution in [1.29, 1.82) is 0 Å². The lowest BCUT2D eigenvalue weighted by Gasteiger charge is -2.31. The molecule has 0 aromatic heterocycles. The first-order valence-corrected chi connectivity index (χ1v) is 9.40. The highest BCUT2D eigenvalue weighted by Gasteiger charge is 2.26. The van der Waals surface area contributed by atoms with Crippen molar-refractivity contribution in [2.75, 3.05) is 30.0 Å². The summed E-state index contributed by atoms with van der Waals surface area (Å²) in [6.07, 6.45) is 0. The highest BCUT2D eigenvalue weighted by Crippen LogP contribution is 2.35. The Morgan fingerprint density at radius 1 is 1.21 bits per heavy atom. The van der Waals surface area contributed by atoms with Gasteiger partial charge in [-0.25, -0.2) is 0 Å². The SMILES string of the molecule is Cc1ccc(C)c(OCC(=O)Nc2ccc3c(c2)N(CC(C)C)C(=O)CO3)c1. The summed E-state index contributed by atoms with van der Waals surface area (Å²) >= 11 is 0. The van der Waals surface area contributed by atoms with Gasteiger partial charge in [-0.05, 0) is 55.2 Å². The monoisotopic (exact) mass is 382 g/mol. The lowest BCUT2D eigenvalue weighted by Crippen LogP contribution is -2.41. The van der Waals surface area contributed by atoms with Crippen LogP contribution in [0.5, 0.6) is 11.5 Å². The zero-order chi connectivity index (χ0) is 20.3. The number of amides is 2. The molecule has 0 saturated heterocycles. The Morgan fingerprint density at radius 2 is 2.00 bits per heavy atom. The number of benzene rings is 2. The summed E-state index contributed by atoms with van der Waals surface area (Å²) in [6, 6.07) is 11.2. The van der Waals surface area contributed by atoms with E-state index in [0.717, 1.165) is 11.1 Å². The Bertz CT molecular complexity index is 892. The van der Waals surface area contributed by atoms with Gasteiger partial charge in [-0.1, -0.05) is 26.0 Å². The maximum Gasteiger partial charge on any atom is 0.265 e. The molecule has 0 fully saturated rings. The fourth-order valence-corrected chi connectivity index (χ4v) is 3.05. The molecule has 28 heavy (non-hydrogen) atoms. The van der Waals surface area contributed by atoms with Crippen molar-refractivity contribution in [1.82, 2.24) is 0 Å². The second kappa shape index (κ2) is 8.33. The molecule has 1 N–H and O–H groups in total. The highest BCUT2D eigenvalue weighted by atomic mass is 16.5. The summed E-state index contributed by atoms with van der Waals surface area (Å²) in [7, 11) is 0. The van der Waals surface area contributed by atoms with Crippen molar-refractivity contribution in [2.24, 2.45) is 5.92 Å². The second-order valence-electron chi connectivity index (χ2n) is 7.48. The van der Waals surface area contributed by atoms with Crippen LogP contribution in [0.2, 0.25) is 0 Å². The number of fused-ring (bicyclic) bond motifs is 1. The number of nitrogens with zero attached hydrogens (tertiary/aromatic N) is 1. The average Bonchev–Trinajstić information content (AvgIpc) is 2.64. The Hall–Kier alpha value is -3.02. The fourth-order valence-electron chi connectivity index (χ4n) is 3.05. The van der Waals surface area contributed by atoms with Crippen molar-refractivity contribution in [3.8, 4) is 11.5 Å². The molecule has 0 spiro atoms. The predicted octanol–water partition coefficient (Wildman–Crippen LogP) is 3.70. The molecule has 2 aromatic carbocycles. The summed E-state index contributed by atoms with van der Waals surface area (Å²) in [5.41, 5.74) is 3.33. The van der Waals surface area contributed by atoms with E-state index in [4.69, 9.17) is 9.47 Å². The second-order valence-corrected chi connectivity index (χ2v) is 7.48. The first-order valence-electron chi connectivity index (χ1n) is 9.40. The van der Waals surface area contributed by atoms with Crippen LogP contribution in [0.1, 0.15) is 25.0 Å². The lowest BCUT2D eigenvalue weighted by atomic mass is 10.1. The summed E-state index contributed by atoms with van der Waals surface area (Å²) in [5, 5.41) is 2.83. The molecule has 0 atom stereocenters. The molecule has 148 valence electrons. The number of carbonyl (C=O) groups excluding carboxylic acids is 2. The van der Waals surface area contributed by atoms with Crippen molar-refractivity contribution in [2.45, 2.75) is 27.7 Å². The maximum absolute atomic E-state index is 12.3. The number of ether oxygens (including phenoxy) is 2. The summed E-state index contributed by atoms with van der Waals surface area (Å²) in [5.74, 6) is 1.31. The van der Waals surface area contributed by atoms with Crippen molar-refractivity contribution < 1.29 is 19.1 Å². The van der Waals surface area contributed by atoms with E-state index in [1.807, 2.05) is 32.0 Å². The minimum Gasteiger partial charge on any atom is -0.483 e. The minimum absolute atomic E-state index is 0.0368. The Balaban J connectivity index is 1.69. The normalized spacial score (nSPS) is 13.2. The molecule has 1 aliphatic rings. The van der Waals surface area contributed by atoms with Crippen LogP contribution in [0.15, 0.2) is 36.4 Å². The maximum atomic E-state index is 12.3. The molecule has 1 aliphatic heterocycles. The minimum atomic E-state index is -0.265. The first-order chi connectivity index (χ1) is 13.3. The first kappa shape index (κ1) is 19.7. The van der Waals surface area contributed by atoms with Crippen LogP contribution >= 0.6 is 0 Å². The smallest absolute Gasteiger partial charge is 0.265 e. The standard InChI is InChI=1S/C22H26N2O4/c1-14(2)11-24-18-10-17(7-8-19(18)28-13-22(24)26)23-21(25)12-27-20-9-15(3)5-6-16(20)4/h5-10,14H,11-13H2,1-4H3,(H,23,25). The van der Waals surface area contributed by atoms with E-state index in [1.165, 1.54) is 0 Å². The van der Waals surface area contributed by atoms with Crippen LogP contribution in [0.4, 0.5) is 11.4 Å². The molecule has 0 unspecified atom stereocenters. The third-order valence-electron chi connectivity index (χ3n) is 4.44. The van der Waals surface area contributed by atoms with Crippen LogP contribution in [0.25, 0.3) is 0 Å². The van der Waals surface area contributed by atoms with Gasteiger partial charge in [0.05, 0.1) is 5.69 Å². The number of aryl methyl sites for hydroxylation is 2. The van der Waals surface area contributed by atoms with Gasteiger partial charge in [0.25, 0.3) is 11.8 Å². The zero-order valence-electron chi connectivity index (χ0n) is 16.7. The number of rotatable bonds is 6. The van der Waals surface area contributed by atoms with Crippen LogP contribution in [0, 0.1) is 19.8 Å². The molecular formula is C22H26N2O4. The average molecular weight is 382 g/mol. The van der Waals surface area contributed by atoms with Gasteiger partial charge in [0.1, 0.15) is 11.5 Å². The molecule has 6 nitrogen and oxygen atoms in total. The van der Waals surface area contributed by atoms with Gasteiger partial charge in [0.15, 0.2) is 13.2 Å². The predicted molar refractivity (Wildman–Crippen MR) is 109 cm³/mol.